The fraction of sp³-hybridized carbons (Fsp3) is 0.667. The van der Waals surface area contributed by atoms with Gasteiger partial charge in [0.2, 0.25) is 0 Å². The van der Waals surface area contributed by atoms with Crippen molar-refractivity contribution in [3.63, 3.8) is 0 Å². The maximum Gasteiger partial charge on any atom is 0.169 e. The lowest BCUT2D eigenvalue weighted by atomic mass is 10.1. The van der Waals surface area contributed by atoms with E-state index in [1.807, 2.05) is 12.1 Å². The molecule has 0 bridgehead atoms. The van der Waals surface area contributed by atoms with E-state index < -0.39 is 0 Å². The lowest BCUT2D eigenvalue weighted by Crippen LogP contribution is -2.36. The minimum atomic E-state index is 0.179. The van der Waals surface area contributed by atoms with E-state index in [2.05, 4.69) is 41.6 Å². The van der Waals surface area contributed by atoms with Gasteiger partial charge in [0.1, 0.15) is 5.76 Å². The first kappa shape index (κ1) is 13.7. The van der Waals surface area contributed by atoms with Crippen molar-refractivity contribution < 1.29 is 4.42 Å². The molecule has 0 aromatic carbocycles. The predicted octanol–water partition coefficient (Wildman–Crippen LogP) is 3.02. The van der Waals surface area contributed by atoms with E-state index in [9.17, 15) is 0 Å². The van der Waals surface area contributed by atoms with Crippen LogP contribution in [0.15, 0.2) is 21.2 Å². The molecule has 4 heteroatoms. The molecule has 0 fully saturated rings. The van der Waals surface area contributed by atoms with Crippen LogP contribution in [0.4, 0.5) is 0 Å². The predicted molar refractivity (Wildman–Crippen MR) is 70.3 cm³/mol. The average molecular weight is 289 g/mol. The van der Waals surface area contributed by atoms with Crippen LogP contribution in [0.2, 0.25) is 0 Å². The molecule has 0 amide bonds. The summed E-state index contributed by atoms with van der Waals surface area (Å²) < 4.78 is 6.36. The molecule has 0 spiro atoms. The van der Waals surface area contributed by atoms with Crippen molar-refractivity contribution in [2.45, 2.75) is 26.8 Å². The van der Waals surface area contributed by atoms with Gasteiger partial charge in [0.25, 0.3) is 0 Å². The summed E-state index contributed by atoms with van der Waals surface area (Å²) in [5.41, 5.74) is 5.85. The van der Waals surface area contributed by atoms with Crippen LogP contribution >= 0.6 is 15.9 Å². The highest BCUT2D eigenvalue weighted by Gasteiger charge is 2.21. The Morgan fingerprint density at radius 2 is 2.12 bits per heavy atom. The number of halogens is 1. The fourth-order valence-electron chi connectivity index (χ4n) is 1.90. The van der Waals surface area contributed by atoms with Gasteiger partial charge in [-0.1, -0.05) is 20.8 Å². The fourth-order valence-corrected chi connectivity index (χ4v) is 2.22. The molecule has 0 radical (unpaired) electrons. The minimum absolute atomic E-state index is 0.179. The van der Waals surface area contributed by atoms with E-state index in [-0.39, 0.29) is 6.04 Å². The summed E-state index contributed by atoms with van der Waals surface area (Å²) in [7, 11) is 0. The maximum absolute atomic E-state index is 5.85. The number of nitrogens with two attached hydrogens (primary N) is 1. The zero-order chi connectivity index (χ0) is 12.1. The average Bonchev–Trinajstić information content (AvgIpc) is 2.64. The van der Waals surface area contributed by atoms with E-state index in [1.165, 1.54) is 0 Å². The molecular formula is C12H21BrN2O. The van der Waals surface area contributed by atoms with Gasteiger partial charge in [-0.05, 0) is 40.5 Å². The Morgan fingerprint density at radius 3 is 2.50 bits per heavy atom. The zero-order valence-electron chi connectivity index (χ0n) is 10.2. The third-order valence-corrected chi connectivity index (χ3v) is 3.02. The molecule has 16 heavy (non-hydrogen) atoms. The number of rotatable bonds is 6. The van der Waals surface area contributed by atoms with Gasteiger partial charge < -0.3 is 10.2 Å². The van der Waals surface area contributed by atoms with Crippen LogP contribution in [0.25, 0.3) is 0 Å². The lowest BCUT2D eigenvalue weighted by Gasteiger charge is -2.29. The molecule has 0 saturated carbocycles. The molecule has 1 rings (SSSR count). The van der Waals surface area contributed by atoms with Crippen LogP contribution in [-0.4, -0.2) is 24.5 Å². The van der Waals surface area contributed by atoms with E-state index in [4.69, 9.17) is 10.2 Å². The molecular weight excluding hydrogens is 268 g/mol. The highest BCUT2D eigenvalue weighted by atomic mass is 79.9. The van der Waals surface area contributed by atoms with Gasteiger partial charge in [0.15, 0.2) is 4.67 Å². The first-order valence-corrected chi connectivity index (χ1v) is 6.57. The van der Waals surface area contributed by atoms with Gasteiger partial charge in [-0.25, -0.2) is 0 Å². The second-order valence-electron chi connectivity index (χ2n) is 4.37. The molecule has 0 aliphatic carbocycles. The summed E-state index contributed by atoms with van der Waals surface area (Å²) >= 11 is 3.33. The molecule has 0 saturated heterocycles. The standard InChI is InChI=1S/C12H21BrN2O/c1-4-15(8-9(2)3)10(7-14)11-5-6-12(13)16-11/h5-6,9-10H,4,7-8,14H2,1-3H3. The number of nitrogens with zero attached hydrogens (tertiary/aromatic N) is 1. The number of hydrogen-bond acceptors (Lipinski definition) is 3. The van der Waals surface area contributed by atoms with Gasteiger partial charge in [-0.15, -0.1) is 0 Å². The topological polar surface area (TPSA) is 42.4 Å². The Hall–Kier alpha value is -0.320. The molecule has 1 heterocycles. The molecule has 0 aliphatic rings. The molecule has 0 aliphatic heterocycles. The molecule has 1 atom stereocenters. The lowest BCUT2D eigenvalue weighted by molar-refractivity contribution is 0.168. The normalized spacial score (nSPS) is 13.7. The van der Waals surface area contributed by atoms with Crippen molar-refractivity contribution in [3.05, 3.63) is 22.6 Å². The first-order valence-electron chi connectivity index (χ1n) is 5.77. The van der Waals surface area contributed by atoms with Crippen LogP contribution in [0.3, 0.4) is 0 Å². The van der Waals surface area contributed by atoms with Crippen LogP contribution < -0.4 is 5.73 Å². The van der Waals surface area contributed by atoms with Crippen molar-refractivity contribution >= 4 is 15.9 Å². The van der Waals surface area contributed by atoms with Crippen molar-refractivity contribution in [2.24, 2.45) is 11.7 Å². The smallest absolute Gasteiger partial charge is 0.169 e. The van der Waals surface area contributed by atoms with Crippen LogP contribution in [0.1, 0.15) is 32.6 Å². The first-order chi connectivity index (χ1) is 7.58. The summed E-state index contributed by atoms with van der Waals surface area (Å²) in [4.78, 5) is 2.36. The highest BCUT2D eigenvalue weighted by molar-refractivity contribution is 9.10. The highest BCUT2D eigenvalue weighted by Crippen LogP contribution is 2.25. The third-order valence-electron chi connectivity index (χ3n) is 2.59. The molecule has 3 nitrogen and oxygen atoms in total. The van der Waals surface area contributed by atoms with Crippen LogP contribution in [0.5, 0.6) is 0 Å². The Kier molecular flexibility index (Phi) is 5.52. The summed E-state index contributed by atoms with van der Waals surface area (Å²) in [6.07, 6.45) is 0. The van der Waals surface area contributed by atoms with Gasteiger partial charge in [0.05, 0.1) is 6.04 Å². The largest absolute Gasteiger partial charge is 0.453 e. The molecule has 92 valence electrons. The molecule has 1 aromatic rings. The van der Waals surface area contributed by atoms with Crippen molar-refractivity contribution in [1.29, 1.82) is 0 Å². The monoisotopic (exact) mass is 288 g/mol. The minimum Gasteiger partial charge on any atom is -0.453 e. The molecule has 1 aromatic heterocycles. The summed E-state index contributed by atoms with van der Waals surface area (Å²) in [6, 6.07) is 4.09. The van der Waals surface area contributed by atoms with Gasteiger partial charge >= 0.3 is 0 Å². The Morgan fingerprint density at radius 1 is 1.44 bits per heavy atom. The van der Waals surface area contributed by atoms with Gasteiger partial charge in [-0.3, -0.25) is 4.90 Å². The van der Waals surface area contributed by atoms with Gasteiger partial charge in [0, 0.05) is 13.1 Å². The van der Waals surface area contributed by atoms with Crippen LogP contribution in [-0.2, 0) is 0 Å². The Balaban J connectivity index is 2.78. The van der Waals surface area contributed by atoms with E-state index in [0.29, 0.717) is 12.5 Å². The zero-order valence-corrected chi connectivity index (χ0v) is 11.8. The Labute approximate surface area is 106 Å². The molecule has 2 N–H and O–H groups in total. The quantitative estimate of drug-likeness (QED) is 0.875. The SMILES string of the molecule is CCN(CC(C)C)C(CN)c1ccc(Br)o1. The summed E-state index contributed by atoms with van der Waals surface area (Å²) in [6.45, 7) is 9.20. The van der Waals surface area contributed by atoms with E-state index >= 15 is 0 Å². The third kappa shape index (κ3) is 3.61. The van der Waals surface area contributed by atoms with E-state index in [0.717, 1.165) is 23.5 Å². The number of furan rings is 1. The van der Waals surface area contributed by atoms with Crippen molar-refractivity contribution in [1.82, 2.24) is 4.90 Å². The summed E-state index contributed by atoms with van der Waals surface area (Å²) in [5.74, 6) is 1.57. The van der Waals surface area contributed by atoms with E-state index in [1.54, 1.807) is 0 Å². The maximum atomic E-state index is 5.85. The van der Waals surface area contributed by atoms with Gasteiger partial charge in [-0.2, -0.15) is 0 Å². The number of likely N-dealkylation sites (N-methyl/N-ethyl adjacent to an activating group) is 1. The second-order valence-corrected chi connectivity index (χ2v) is 5.16. The Bertz CT molecular complexity index is 312. The molecule has 1 unspecified atom stereocenters. The summed E-state index contributed by atoms with van der Waals surface area (Å²) in [5, 5.41) is 0. The van der Waals surface area contributed by atoms with Crippen molar-refractivity contribution in [2.75, 3.05) is 19.6 Å². The van der Waals surface area contributed by atoms with Crippen molar-refractivity contribution in [3.8, 4) is 0 Å². The van der Waals surface area contributed by atoms with Crippen LogP contribution in [0, 0.1) is 5.92 Å². The second kappa shape index (κ2) is 6.42. The number of hydrogen-bond donors (Lipinski definition) is 1.